The smallest absolute Gasteiger partial charge is 0.329 e. The Morgan fingerprint density at radius 3 is 2.10 bits per heavy atom. The fraction of sp³-hybridized carbons (Fsp3) is 0.318. The van der Waals surface area contributed by atoms with Crippen LogP contribution in [0.2, 0.25) is 0 Å². The zero-order valence-corrected chi connectivity index (χ0v) is 16.8. The molecule has 0 fully saturated rings. The van der Waals surface area contributed by atoms with E-state index in [0.29, 0.717) is 18.9 Å². The van der Waals surface area contributed by atoms with Crippen LogP contribution in [0.3, 0.4) is 0 Å². The van der Waals surface area contributed by atoms with E-state index in [2.05, 4.69) is 22.8 Å². The summed E-state index contributed by atoms with van der Waals surface area (Å²) in [6.07, 6.45) is 4.44. The van der Waals surface area contributed by atoms with Gasteiger partial charge in [-0.15, -0.1) is 0 Å². The minimum Gasteiger partial charge on any atom is -0.494 e. The van der Waals surface area contributed by atoms with Crippen molar-refractivity contribution in [2.75, 3.05) is 18.5 Å². The van der Waals surface area contributed by atoms with E-state index in [9.17, 15) is 9.59 Å². The summed E-state index contributed by atoms with van der Waals surface area (Å²) in [5.41, 5.74) is 3.48. The molecule has 2 rings (SSSR count). The first kappa shape index (κ1) is 21.9. The lowest BCUT2D eigenvalue weighted by molar-refractivity contribution is -0.136. The van der Waals surface area contributed by atoms with Crippen molar-refractivity contribution in [1.29, 1.82) is 0 Å². The van der Waals surface area contributed by atoms with Gasteiger partial charge in [0.2, 0.25) is 0 Å². The highest BCUT2D eigenvalue weighted by molar-refractivity contribution is 6.39. The average molecular weight is 397 g/mol. The van der Waals surface area contributed by atoms with Crippen LogP contribution in [0.5, 0.6) is 11.5 Å². The van der Waals surface area contributed by atoms with Crippen LogP contribution in [-0.4, -0.2) is 31.2 Å². The summed E-state index contributed by atoms with van der Waals surface area (Å²) in [5, 5.41) is 6.32. The molecule has 0 bridgehead atoms. The van der Waals surface area contributed by atoms with Crippen molar-refractivity contribution < 1.29 is 19.1 Å². The van der Waals surface area contributed by atoms with Gasteiger partial charge < -0.3 is 14.8 Å². The lowest BCUT2D eigenvalue weighted by atomic mass is 10.2. The van der Waals surface area contributed by atoms with Crippen LogP contribution in [0.1, 0.15) is 38.7 Å². The summed E-state index contributed by atoms with van der Waals surface area (Å²) in [6, 6.07) is 14.1. The second kappa shape index (κ2) is 12.2. The summed E-state index contributed by atoms with van der Waals surface area (Å²) in [7, 11) is 0. The number of nitrogens with zero attached hydrogens (tertiary/aromatic N) is 1. The topological polar surface area (TPSA) is 89.0 Å². The Labute approximate surface area is 171 Å². The quantitative estimate of drug-likeness (QED) is 0.277. The Bertz CT molecular complexity index is 802. The van der Waals surface area contributed by atoms with Gasteiger partial charge in [0.25, 0.3) is 0 Å². The van der Waals surface area contributed by atoms with Gasteiger partial charge >= 0.3 is 11.8 Å². The van der Waals surface area contributed by atoms with E-state index in [1.807, 2.05) is 31.2 Å². The lowest BCUT2D eigenvalue weighted by Gasteiger charge is -2.07. The Hall–Kier alpha value is -3.35. The lowest BCUT2D eigenvalue weighted by Crippen LogP contribution is -2.32. The molecule has 2 amide bonds. The van der Waals surface area contributed by atoms with Crippen molar-refractivity contribution in [2.24, 2.45) is 5.10 Å². The first-order chi connectivity index (χ1) is 14.1. The number of nitrogens with one attached hydrogen (secondary N) is 2. The van der Waals surface area contributed by atoms with E-state index in [4.69, 9.17) is 9.47 Å². The van der Waals surface area contributed by atoms with Crippen LogP contribution >= 0.6 is 0 Å². The van der Waals surface area contributed by atoms with Gasteiger partial charge in [-0.1, -0.05) is 20.3 Å². The largest absolute Gasteiger partial charge is 0.494 e. The van der Waals surface area contributed by atoms with E-state index in [0.717, 1.165) is 36.3 Å². The van der Waals surface area contributed by atoms with Gasteiger partial charge in [0.15, 0.2) is 0 Å². The van der Waals surface area contributed by atoms with Crippen LogP contribution in [-0.2, 0) is 9.59 Å². The minimum absolute atomic E-state index is 0.500. The van der Waals surface area contributed by atoms with Gasteiger partial charge in [-0.3, -0.25) is 9.59 Å². The number of ether oxygens (including phenoxy) is 2. The number of hydrogen-bond acceptors (Lipinski definition) is 5. The van der Waals surface area contributed by atoms with Crippen molar-refractivity contribution >= 4 is 23.7 Å². The van der Waals surface area contributed by atoms with E-state index in [1.165, 1.54) is 6.21 Å². The SMILES string of the molecule is CCCCOc1ccc(NC(=O)C(=O)N/N=C\c2ccc(OCCC)cc2)cc1. The molecule has 2 N–H and O–H groups in total. The van der Waals surface area contributed by atoms with E-state index in [-0.39, 0.29) is 0 Å². The molecule has 0 aromatic heterocycles. The standard InChI is InChI=1S/C22H27N3O4/c1-3-5-15-29-20-12-8-18(9-13-20)24-21(26)22(27)25-23-16-17-6-10-19(11-7-17)28-14-4-2/h6-13,16H,3-5,14-15H2,1-2H3,(H,24,26)(H,25,27)/b23-16-. The van der Waals surface area contributed by atoms with Crippen LogP contribution in [0.25, 0.3) is 0 Å². The molecular formula is C22H27N3O4. The summed E-state index contributed by atoms with van der Waals surface area (Å²) in [6.45, 7) is 5.44. The highest BCUT2D eigenvalue weighted by atomic mass is 16.5. The van der Waals surface area contributed by atoms with Gasteiger partial charge in [-0.25, -0.2) is 5.43 Å². The fourth-order valence-electron chi connectivity index (χ4n) is 2.24. The number of benzene rings is 2. The number of unbranched alkanes of at least 4 members (excludes halogenated alkanes) is 1. The molecule has 0 unspecified atom stereocenters. The summed E-state index contributed by atoms with van der Waals surface area (Å²) >= 11 is 0. The molecule has 0 saturated carbocycles. The molecule has 0 aliphatic rings. The molecular weight excluding hydrogens is 370 g/mol. The molecule has 0 saturated heterocycles. The normalized spacial score (nSPS) is 10.6. The molecule has 29 heavy (non-hydrogen) atoms. The third-order valence-electron chi connectivity index (χ3n) is 3.82. The van der Waals surface area contributed by atoms with Crippen LogP contribution in [0, 0.1) is 0 Å². The summed E-state index contributed by atoms with van der Waals surface area (Å²) in [5.74, 6) is -0.164. The Morgan fingerprint density at radius 2 is 1.48 bits per heavy atom. The van der Waals surface area contributed by atoms with E-state index >= 15 is 0 Å². The number of hydrazone groups is 1. The third-order valence-corrected chi connectivity index (χ3v) is 3.82. The number of anilines is 1. The van der Waals surface area contributed by atoms with Gasteiger partial charge in [0, 0.05) is 5.69 Å². The number of carbonyl (C=O) groups is 2. The van der Waals surface area contributed by atoms with Crippen LogP contribution in [0.4, 0.5) is 5.69 Å². The second-order valence-corrected chi connectivity index (χ2v) is 6.30. The predicted molar refractivity (Wildman–Crippen MR) is 113 cm³/mol. The van der Waals surface area contributed by atoms with Crippen molar-refractivity contribution in [3.8, 4) is 11.5 Å². The first-order valence-corrected chi connectivity index (χ1v) is 9.72. The maximum Gasteiger partial charge on any atom is 0.329 e. The number of amides is 2. The summed E-state index contributed by atoms with van der Waals surface area (Å²) < 4.78 is 11.1. The van der Waals surface area contributed by atoms with E-state index < -0.39 is 11.8 Å². The van der Waals surface area contributed by atoms with Crippen molar-refractivity contribution in [3.63, 3.8) is 0 Å². The first-order valence-electron chi connectivity index (χ1n) is 9.72. The van der Waals surface area contributed by atoms with Gasteiger partial charge in [0.1, 0.15) is 11.5 Å². The number of rotatable bonds is 10. The summed E-state index contributed by atoms with van der Waals surface area (Å²) in [4.78, 5) is 23.8. The molecule has 0 heterocycles. The molecule has 7 nitrogen and oxygen atoms in total. The molecule has 0 aliphatic heterocycles. The zero-order chi connectivity index (χ0) is 20.9. The Balaban J connectivity index is 1.78. The molecule has 2 aromatic carbocycles. The Morgan fingerprint density at radius 1 is 0.862 bits per heavy atom. The van der Waals surface area contributed by atoms with Gasteiger partial charge in [-0.2, -0.15) is 5.10 Å². The predicted octanol–water partition coefficient (Wildman–Crippen LogP) is 3.74. The maximum absolute atomic E-state index is 12.0. The zero-order valence-electron chi connectivity index (χ0n) is 16.8. The van der Waals surface area contributed by atoms with Gasteiger partial charge in [0.05, 0.1) is 19.4 Å². The highest BCUT2D eigenvalue weighted by Gasteiger charge is 2.12. The molecule has 0 aliphatic carbocycles. The molecule has 0 spiro atoms. The third kappa shape index (κ3) is 8.04. The minimum atomic E-state index is -0.854. The molecule has 7 heteroatoms. The molecule has 154 valence electrons. The number of carbonyl (C=O) groups excluding carboxylic acids is 2. The molecule has 0 atom stereocenters. The molecule has 0 radical (unpaired) electrons. The van der Waals surface area contributed by atoms with Crippen molar-refractivity contribution in [1.82, 2.24) is 5.43 Å². The van der Waals surface area contributed by atoms with Crippen LogP contribution < -0.4 is 20.2 Å². The monoisotopic (exact) mass is 397 g/mol. The average Bonchev–Trinajstić information content (AvgIpc) is 2.74. The fourth-order valence-corrected chi connectivity index (χ4v) is 2.24. The van der Waals surface area contributed by atoms with Crippen LogP contribution in [0.15, 0.2) is 53.6 Å². The highest BCUT2D eigenvalue weighted by Crippen LogP contribution is 2.16. The second-order valence-electron chi connectivity index (χ2n) is 6.30. The van der Waals surface area contributed by atoms with Gasteiger partial charge in [-0.05, 0) is 66.9 Å². The van der Waals surface area contributed by atoms with Crippen molar-refractivity contribution in [2.45, 2.75) is 33.1 Å². The Kier molecular flexibility index (Phi) is 9.21. The number of hydrogen-bond donors (Lipinski definition) is 2. The van der Waals surface area contributed by atoms with Crippen molar-refractivity contribution in [3.05, 3.63) is 54.1 Å². The molecule has 2 aromatic rings. The van der Waals surface area contributed by atoms with E-state index in [1.54, 1.807) is 24.3 Å². The maximum atomic E-state index is 12.0.